The number of allylic oxidation sites excluding steroid dienone is 1. The normalized spacial score (nSPS) is 14.7. The summed E-state index contributed by atoms with van der Waals surface area (Å²) < 4.78 is 24.3. The molecule has 31 heavy (non-hydrogen) atoms. The molecule has 172 valence electrons. The van der Waals surface area contributed by atoms with Crippen LogP contribution in [-0.4, -0.2) is 62.6 Å². The van der Waals surface area contributed by atoms with Crippen LogP contribution in [0.15, 0.2) is 55.1 Å². The summed E-state index contributed by atoms with van der Waals surface area (Å²) in [5, 5.41) is 10.4. The monoisotopic (exact) mass is 470 g/mol. The Morgan fingerprint density at radius 3 is 2.35 bits per heavy atom. The first-order valence-corrected chi connectivity index (χ1v) is 9.90. The number of hydrogen-bond donors (Lipinski definition) is 1. The van der Waals surface area contributed by atoms with E-state index in [4.69, 9.17) is 9.47 Å². The molecule has 0 saturated carbocycles. The van der Waals surface area contributed by atoms with E-state index < -0.39 is 6.10 Å². The highest BCUT2D eigenvalue weighted by atomic mass is 35.5. The number of hydrogen-bond acceptors (Lipinski definition) is 5. The number of aliphatic hydroxyl groups is 1. The molecule has 0 spiro atoms. The van der Waals surface area contributed by atoms with Gasteiger partial charge >= 0.3 is 0 Å². The average molecular weight is 471 g/mol. The van der Waals surface area contributed by atoms with Crippen molar-refractivity contribution >= 4 is 5.69 Å². The van der Waals surface area contributed by atoms with E-state index in [1.54, 1.807) is 19.2 Å². The second-order valence-electron chi connectivity index (χ2n) is 7.21. The van der Waals surface area contributed by atoms with Crippen LogP contribution in [0, 0.1) is 5.82 Å². The molecule has 1 aliphatic rings. The summed E-state index contributed by atoms with van der Waals surface area (Å²) >= 11 is 0. The highest BCUT2D eigenvalue weighted by Crippen LogP contribution is 2.28. The first-order valence-electron chi connectivity index (χ1n) is 9.90. The fraction of sp³-hybridized carbons (Fsp3) is 0.391. The highest BCUT2D eigenvalue weighted by molar-refractivity contribution is 5.46. The van der Waals surface area contributed by atoms with Gasteiger partial charge in [0, 0.05) is 38.4 Å². The van der Waals surface area contributed by atoms with Gasteiger partial charge < -0.3 is 44.3 Å². The number of methoxy groups -OCH3 is 1. The molecule has 0 aromatic heterocycles. The van der Waals surface area contributed by atoms with E-state index in [0.717, 1.165) is 43.9 Å². The SMILES string of the molecule is C=CCc1ccc(OCC(O)CN2CCN(c3ccc(F)cc3)CC2)c(OC)c1.[Cl-].[Cl-]. The largest absolute Gasteiger partial charge is 1.00 e. The van der Waals surface area contributed by atoms with Crippen molar-refractivity contribution in [2.45, 2.75) is 12.5 Å². The molecule has 8 heteroatoms. The predicted octanol–water partition coefficient (Wildman–Crippen LogP) is -2.87. The Hall–Kier alpha value is -1.99. The summed E-state index contributed by atoms with van der Waals surface area (Å²) in [6, 6.07) is 12.4. The third-order valence-corrected chi connectivity index (χ3v) is 5.07. The molecule has 3 rings (SSSR count). The number of rotatable bonds is 9. The molecule has 1 atom stereocenters. The molecule has 1 unspecified atom stereocenters. The van der Waals surface area contributed by atoms with Crippen LogP contribution in [0.4, 0.5) is 10.1 Å². The molecule has 2 aromatic carbocycles. The molecule has 5 nitrogen and oxygen atoms in total. The summed E-state index contributed by atoms with van der Waals surface area (Å²) in [6.07, 6.45) is 2.02. The lowest BCUT2D eigenvalue weighted by Gasteiger charge is -2.36. The molecule has 1 saturated heterocycles. The number of halogens is 3. The van der Waals surface area contributed by atoms with Gasteiger partial charge in [-0.15, -0.1) is 6.58 Å². The Morgan fingerprint density at radius 2 is 1.74 bits per heavy atom. The Kier molecular flexibility index (Phi) is 11.7. The van der Waals surface area contributed by atoms with Gasteiger partial charge in [-0.2, -0.15) is 0 Å². The standard InChI is InChI=1S/C23H29FN2O3.2ClH/c1-3-4-18-5-10-22(23(15-18)28-2)29-17-21(27)16-25-11-13-26(14-12-25)20-8-6-19(24)7-9-20;;/h3,5-10,15,21,27H,1,4,11-14,16-17H2,2H3;2*1H/p-2. The summed E-state index contributed by atoms with van der Waals surface area (Å²) in [4.78, 5) is 4.45. The van der Waals surface area contributed by atoms with Crippen molar-refractivity contribution in [3.63, 3.8) is 0 Å². The molecular weight excluding hydrogens is 442 g/mol. The van der Waals surface area contributed by atoms with Crippen LogP contribution in [0.2, 0.25) is 0 Å². The third-order valence-electron chi connectivity index (χ3n) is 5.07. The van der Waals surface area contributed by atoms with Crippen LogP contribution in [-0.2, 0) is 6.42 Å². The van der Waals surface area contributed by atoms with Gasteiger partial charge in [-0.3, -0.25) is 4.90 Å². The van der Waals surface area contributed by atoms with E-state index in [1.807, 2.05) is 24.3 Å². The fourth-order valence-corrected chi connectivity index (χ4v) is 3.50. The average Bonchev–Trinajstić information content (AvgIpc) is 2.74. The molecule has 2 aromatic rings. The number of piperazine rings is 1. The van der Waals surface area contributed by atoms with Crippen LogP contribution in [0.3, 0.4) is 0 Å². The molecule has 1 N–H and O–H groups in total. The number of aliphatic hydroxyl groups excluding tert-OH is 1. The number of anilines is 1. The lowest BCUT2D eigenvalue weighted by Crippen LogP contribution is -3.00. The first kappa shape index (κ1) is 27.0. The lowest BCUT2D eigenvalue weighted by atomic mass is 10.1. The maximum atomic E-state index is 13.1. The van der Waals surface area contributed by atoms with E-state index in [0.29, 0.717) is 18.0 Å². The zero-order valence-corrected chi connectivity index (χ0v) is 19.2. The third kappa shape index (κ3) is 7.89. The topological polar surface area (TPSA) is 45.2 Å². The van der Waals surface area contributed by atoms with Gasteiger partial charge in [-0.05, 0) is 48.4 Å². The van der Waals surface area contributed by atoms with E-state index >= 15 is 0 Å². The van der Waals surface area contributed by atoms with Gasteiger partial charge in [-0.1, -0.05) is 12.1 Å². The Morgan fingerprint density at radius 1 is 1.06 bits per heavy atom. The molecule has 0 radical (unpaired) electrons. The second kappa shape index (κ2) is 13.4. The van der Waals surface area contributed by atoms with Crippen LogP contribution in [0.5, 0.6) is 11.5 Å². The Bertz CT molecular complexity index is 800. The molecule has 1 fully saturated rings. The van der Waals surface area contributed by atoms with Crippen LogP contribution in [0.25, 0.3) is 0 Å². The fourth-order valence-electron chi connectivity index (χ4n) is 3.50. The van der Waals surface area contributed by atoms with Gasteiger partial charge in [0.2, 0.25) is 0 Å². The van der Waals surface area contributed by atoms with Crippen molar-refractivity contribution in [3.05, 3.63) is 66.5 Å². The van der Waals surface area contributed by atoms with Crippen LogP contribution in [0.1, 0.15) is 5.56 Å². The quantitative estimate of drug-likeness (QED) is 0.399. The smallest absolute Gasteiger partial charge is 0.161 e. The zero-order valence-electron chi connectivity index (χ0n) is 17.6. The van der Waals surface area contributed by atoms with Crippen LogP contribution >= 0.6 is 0 Å². The van der Waals surface area contributed by atoms with Crippen molar-refractivity contribution in [1.82, 2.24) is 4.90 Å². The van der Waals surface area contributed by atoms with E-state index in [2.05, 4.69) is 16.4 Å². The van der Waals surface area contributed by atoms with Crippen molar-refractivity contribution in [2.24, 2.45) is 0 Å². The lowest BCUT2D eigenvalue weighted by molar-refractivity contribution is -0.001000. The van der Waals surface area contributed by atoms with Crippen molar-refractivity contribution < 1.29 is 43.8 Å². The molecule has 1 heterocycles. The molecule has 0 amide bonds. The molecule has 0 bridgehead atoms. The van der Waals surface area contributed by atoms with Gasteiger partial charge in [0.25, 0.3) is 0 Å². The number of benzene rings is 2. The van der Waals surface area contributed by atoms with Gasteiger partial charge in [0.05, 0.1) is 7.11 Å². The molecular formula is C23H29Cl2FN2O3-2. The number of nitrogens with zero attached hydrogens (tertiary/aromatic N) is 2. The van der Waals surface area contributed by atoms with Crippen molar-refractivity contribution in [1.29, 1.82) is 0 Å². The van der Waals surface area contributed by atoms with Crippen molar-refractivity contribution in [2.75, 3.05) is 51.3 Å². The van der Waals surface area contributed by atoms with Crippen LogP contribution < -0.4 is 39.2 Å². The van der Waals surface area contributed by atoms with Crippen molar-refractivity contribution in [3.8, 4) is 11.5 Å². The molecule has 0 aliphatic carbocycles. The number of ether oxygens (including phenoxy) is 2. The number of β-amino-alcohol motifs (C(OH)–C–C–N with tert-alkyl or cyclic N) is 1. The maximum absolute atomic E-state index is 13.1. The summed E-state index contributed by atoms with van der Waals surface area (Å²) in [6.45, 7) is 7.87. The summed E-state index contributed by atoms with van der Waals surface area (Å²) in [5.74, 6) is 1.06. The van der Waals surface area contributed by atoms with Gasteiger partial charge in [0.1, 0.15) is 18.5 Å². The van der Waals surface area contributed by atoms with E-state index in [1.165, 1.54) is 12.1 Å². The first-order chi connectivity index (χ1) is 14.1. The Balaban J connectivity index is 0.00000240. The zero-order chi connectivity index (χ0) is 20.6. The summed E-state index contributed by atoms with van der Waals surface area (Å²) in [5.41, 5.74) is 2.13. The Labute approximate surface area is 196 Å². The van der Waals surface area contributed by atoms with Gasteiger partial charge in [-0.25, -0.2) is 4.39 Å². The highest BCUT2D eigenvalue weighted by Gasteiger charge is 2.20. The maximum Gasteiger partial charge on any atom is 0.161 e. The second-order valence-corrected chi connectivity index (χ2v) is 7.21. The summed E-state index contributed by atoms with van der Waals surface area (Å²) in [7, 11) is 1.61. The van der Waals surface area contributed by atoms with E-state index in [9.17, 15) is 9.50 Å². The predicted molar refractivity (Wildman–Crippen MR) is 113 cm³/mol. The minimum absolute atomic E-state index is 0. The minimum Gasteiger partial charge on any atom is -1.00 e. The molecule has 1 aliphatic heterocycles. The van der Waals surface area contributed by atoms with Gasteiger partial charge in [0.15, 0.2) is 11.5 Å². The minimum atomic E-state index is -0.593. The van der Waals surface area contributed by atoms with E-state index in [-0.39, 0.29) is 37.2 Å².